The van der Waals surface area contributed by atoms with Crippen molar-refractivity contribution in [1.29, 1.82) is 0 Å². The predicted octanol–water partition coefficient (Wildman–Crippen LogP) is 2.22. The van der Waals surface area contributed by atoms with Crippen molar-refractivity contribution in [1.82, 2.24) is 4.90 Å². The molecule has 0 bridgehead atoms. The molecule has 0 heterocycles. The molecular formula is C15H22N2O. The summed E-state index contributed by atoms with van der Waals surface area (Å²) in [7, 11) is 0. The van der Waals surface area contributed by atoms with E-state index in [9.17, 15) is 4.79 Å². The lowest BCUT2D eigenvalue weighted by Crippen LogP contribution is -2.44. The van der Waals surface area contributed by atoms with Crippen LogP contribution in [0.15, 0.2) is 24.3 Å². The quantitative estimate of drug-likeness (QED) is 0.866. The van der Waals surface area contributed by atoms with Crippen LogP contribution in [0, 0.1) is 6.92 Å². The van der Waals surface area contributed by atoms with E-state index in [4.69, 9.17) is 5.73 Å². The fourth-order valence-corrected chi connectivity index (χ4v) is 2.17. The first-order valence-electron chi connectivity index (χ1n) is 6.73. The second-order valence-electron chi connectivity index (χ2n) is 5.20. The molecule has 98 valence electrons. The van der Waals surface area contributed by atoms with Crippen molar-refractivity contribution in [2.45, 2.75) is 51.7 Å². The minimum atomic E-state index is -0.351. The van der Waals surface area contributed by atoms with Crippen molar-refractivity contribution in [3.8, 4) is 0 Å². The third-order valence-electron chi connectivity index (χ3n) is 3.46. The van der Waals surface area contributed by atoms with E-state index in [1.165, 1.54) is 11.1 Å². The van der Waals surface area contributed by atoms with Crippen molar-refractivity contribution >= 4 is 5.91 Å². The van der Waals surface area contributed by atoms with E-state index in [0.717, 1.165) is 12.8 Å². The summed E-state index contributed by atoms with van der Waals surface area (Å²) in [4.78, 5) is 14.2. The van der Waals surface area contributed by atoms with Gasteiger partial charge in [-0.25, -0.2) is 0 Å². The molecule has 0 aliphatic heterocycles. The number of nitrogens with two attached hydrogens (primary N) is 1. The van der Waals surface area contributed by atoms with Gasteiger partial charge in [0, 0.05) is 12.6 Å². The molecule has 1 aromatic rings. The minimum absolute atomic E-state index is 0.0986. The Balaban J connectivity index is 2.09. The summed E-state index contributed by atoms with van der Waals surface area (Å²) in [6, 6.07) is 8.39. The molecule has 1 atom stereocenters. The maximum atomic E-state index is 12.2. The molecule has 3 nitrogen and oxygen atoms in total. The van der Waals surface area contributed by atoms with Crippen molar-refractivity contribution < 1.29 is 4.79 Å². The first kappa shape index (κ1) is 13.1. The van der Waals surface area contributed by atoms with Gasteiger partial charge < -0.3 is 10.6 Å². The zero-order chi connectivity index (χ0) is 13.1. The molecule has 2 rings (SSSR count). The van der Waals surface area contributed by atoms with Crippen LogP contribution in [0.5, 0.6) is 0 Å². The fourth-order valence-electron chi connectivity index (χ4n) is 2.17. The Bertz CT molecular complexity index is 426. The summed E-state index contributed by atoms with van der Waals surface area (Å²) in [5.41, 5.74) is 8.30. The van der Waals surface area contributed by atoms with Crippen LogP contribution in [0.2, 0.25) is 0 Å². The maximum absolute atomic E-state index is 12.2. The molecule has 1 amide bonds. The van der Waals surface area contributed by atoms with Crippen LogP contribution in [0.3, 0.4) is 0 Å². The Labute approximate surface area is 109 Å². The van der Waals surface area contributed by atoms with Gasteiger partial charge in [0.05, 0.1) is 6.04 Å². The van der Waals surface area contributed by atoms with Crippen molar-refractivity contribution in [2.24, 2.45) is 5.73 Å². The number of carbonyl (C=O) groups is 1. The lowest BCUT2D eigenvalue weighted by atomic mass is 10.1. The first-order valence-corrected chi connectivity index (χ1v) is 6.73. The van der Waals surface area contributed by atoms with Crippen LogP contribution in [0.4, 0.5) is 0 Å². The summed E-state index contributed by atoms with van der Waals surface area (Å²) in [6.07, 6.45) is 2.94. The lowest BCUT2D eigenvalue weighted by Gasteiger charge is -2.25. The number of amides is 1. The molecule has 0 saturated heterocycles. The molecule has 1 saturated carbocycles. The molecule has 2 N–H and O–H groups in total. The van der Waals surface area contributed by atoms with Gasteiger partial charge in [-0.15, -0.1) is 0 Å². The lowest BCUT2D eigenvalue weighted by molar-refractivity contribution is -0.133. The maximum Gasteiger partial charge on any atom is 0.240 e. The van der Waals surface area contributed by atoms with Gasteiger partial charge in [0.25, 0.3) is 0 Å². The Morgan fingerprint density at radius 1 is 1.50 bits per heavy atom. The average Bonchev–Trinajstić information content (AvgIpc) is 3.18. The molecule has 0 aromatic heterocycles. The van der Waals surface area contributed by atoms with Gasteiger partial charge in [0.2, 0.25) is 5.91 Å². The molecule has 3 heteroatoms. The van der Waals surface area contributed by atoms with E-state index < -0.39 is 0 Å². The number of benzene rings is 1. The third kappa shape index (κ3) is 3.10. The highest BCUT2D eigenvalue weighted by atomic mass is 16.2. The minimum Gasteiger partial charge on any atom is -0.334 e. The smallest absolute Gasteiger partial charge is 0.240 e. The summed E-state index contributed by atoms with van der Waals surface area (Å²) in [5, 5.41) is 0. The van der Waals surface area contributed by atoms with Crippen LogP contribution in [-0.4, -0.2) is 22.9 Å². The third-order valence-corrected chi connectivity index (χ3v) is 3.46. The standard InChI is InChI=1S/C15H22N2O/c1-3-14(16)15(18)17(13-7-8-13)10-12-6-4-5-11(2)9-12/h4-6,9,13-14H,3,7-8,10,16H2,1-2H3/t14-/m1/s1. The second kappa shape index (κ2) is 5.53. The summed E-state index contributed by atoms with van der Waals surface area (Å²) < 4.78 is 0. The van der Waals surface area contributed by atoms with Crippen molar-refractivity contribution in [3.05, 3.63) is 35.4 Å². The Morgan fingerprint density at radius 3 is 2.78 bits per heavy atom. The molecular weight excluding hydrogens is 224 g/mol. The van der Waals surface area contributed by atoms with Crippen LogP contribution < -0.4 is 5.73 Å². The molecule has 1 aromatic carbocycles. The van der Waals surface area contributed by atoms with Gasteiger partial charge in [-0.05, 0) is 31.7 Å². The molecule has 1 aliphatic rings. The highest BCUT2D eigenvalue weighted by Gasteiger charge is 2.34. The van der Waals surface area contributed by atoms with Gasteiger partial charge in [-0.1, -0.05) is 36.8 Å². The SMILES string of the molecule is CC[C@@H](N)C(=O)N(Cc1cccc(C)c1)C1CC1. The number of aryl methyl sites for hydroxylation is 1. The summed E-state index contributed by atoms with van der Waals surface area (Å²) in [5.74, 6) is 0.0986. The normalized spacial score (nSPS) is 16.4. The zero-order valence-electron chi connectivity index (χ0n) is 11.2. The largest absolute Gasteiger partial charge is 0.334 e. The number of hydrogen-bond donors (Lipinski definition) is 1. The van der Waals surface area contributed by atoms with E-state index >= 15 is 0 Å². The van der Waals surface area contributed by atoms with E-state index in [-0.39, 0.29) is 11.9 Å². The van der Waals surface area contributed by atoms with Gasteiger partial charge in [0.15, 0.2) is 0 Å². The zero-order valence-corrected chi connectivity index (χ0v) is 11.2. The molecule has 1 fully saturated rings. The first-order chi connectivity index (χ1) is 8.61. The molecule has 0 unspecified atom stereocenters. The topological polar surface area (TPSA) is 46.3 Å². The van der Waals surface area contributed by atoms with Crippen LogP contribution in [-0.2, 0) is 11.3 Å². The highest BCUT2D eigenvalue weighted by molar-refractivity contribution is 5.82. The second-order valence-corrected chi connectivity index (χ2v) is 5.20. The van der Waals surface area contributed by atoms with E-state index in [2.05, 4.69) is 25.1 Å². The van der Waals surface area contributed by atoms with Crippen molar-refractivity contribution in [3.63, 3.8) is 0 Å². The van der Waals surface area contributed by atoms with Crippen LogP contribution in [0.1, 0.15) is 37.3 Å². The number of rotatable bonds is 5. The molecule has 0 radical (unpaired) electrons. The van der Waals surface area contributed by atoms with E-state index in [1.54, 1.807) is 0 Å². The number of nitrogens with zero attached hydrogens (tertiary/aromatic N) is 1. The Morgan fingerprint density at radius 2 is 2.22 bits per heavy atom. The number of carbonyl (C=O) groups excluding carboxylic acids is 1. The van der Waals surface area contributed by atoms with Gasteiger partial charge >= 0.3 is 0 Å². The summed E-state index contributed by atoms with van der Waals surface area (Å²) >= 11 is 0. The van der Waals surface area contributed by atoms with Crippen LogP contribution in [0.25, 0.3) is 0 Å². The van der Waals surface area contributed by atoms with Crippen LogP contribution >= 0.6 is 0 Å². The van der Waals surface area contributed by atoms with Gasteiger partial charge in [-0.2, -0.15) is 0 Å². The monoisotopic (exact) mass is 246 g/mol. The van der Waals surface area contributed by atoms with E-state index in [0.29, 0.717) is 19.0 Å². The predicted molar refractivity (Wildman–Crippen MR) is 73.0 cm³/mol. The average molecular weight is 246 g/mol. The van der Waals surface area contributed by atoms with Gasteiger partial charge in [-0.3, -0.25) is 4.79 Å². The Hall–Kier alpha value is -1.35. The summed E-state index contributed by atoms with van der Waals surface area (Å²) in [6.45, 7) is 4.73. The van der Waals surface area contributed by atoms with Gasteiger partial charge in [0.1, 0.15) is 0 Å². The van der Waals surface area contributed by atoms with E-state index in [1.807, 2.05) is 17.9 Å². The number of hydrogen-bond acceptors (Lipinski definition) is 2. The fraction of sp³-hybridized carbons (Fsp3) is 0.533. The molecule has 18 heavy (non-hydrogen) atoms. The highest BCUT2D eigenvalue weighted by Crippen LogP contribution is 2.29. The van der Waals surface area contributed by atoms with Crippen molar-refractivity contribution in [2.75, 3.05) is 0 Å². The molecule has 1 aliphatic carbocycles. The molecule has 0 spiro atoms. The Kier molecular flexibility index (Phi) is 4.02.